The summed E-state index contributed by atoms with van der Waals surface area (Å²) in [7, 11) is 4.56. The zero-order valence-corrected chi connectivity index (χ0v) is 19.8. The van der Waals surface area contributed by atoms with Crippen LogP contribution in [0.5, 0.6) is 17.2 Å². The standard InChI is InChI=1S/C26H27N3O6/c1-33-18-7-4-6-17(14-18)24(30)22-23(20-15-19(34-2)8-9-21(20)35-3)29(26(32)25(22)31)12-5-11-28-13-10-27-16-28/h4,6-10,13-16,23,30H,5,11-12H2,1-3H3/t23-/m0/s1. The van der Waals surface area contributed by atoms with Gasteiger partial charge in [0, 0.05) is 36.6 Å². The third-order valence-electron chi connectivity index (χ3n) is 5.99. The van der Waals surface area contributed by atoms with Crippen LogP contribution in [0, 0.1) is 0 Å². The fourth-order valence-electron chi connectivity index (χ4n) is 4.26. The van der Waals surface area contributed by atoms with E-state index in [0.29, 0.717) is 41.3 Å². The quantitative estimate of drug-likeness (QED) is 0.286. The first-order valence-electron chi connectivity index (χ1n) is 11.1. The maximum absolute atomic E-state index is 13.3. The van der Waals surface area contributed by atoms with Crippen LogP contribution in [-0.2, 0) is 16.1 Å². The normalized spacial score (nSPS) is 17.0. The van der Waals surface area contributed by atoms with E-state index < -0.39 is 17.7 Å². The van der Waals surface area contributed by atoms with Crippen LogP contribution in [0.1, 0.15) is 23.6 Å². The van der Waals surface area contributed by atoms with E-state index in [0.717, 1.165) is 0 Å². The minimum Gasteiger partial charge on any atom is -0.507 e. The maximum atomic E-state index is 13.3. The van der Waals surface area contributed by atoms with E-state index in [9.17, 15) is 14.7 Å². The van der Waals surface area contributed by atoms with Gasteiger partial charge in [-0.1, -0.05) is 12.1 Å². The van der Waals surface area contributed by atoms with Gasteiger partial charge in [-0.25, -0.2) is 4.98 Å². The van der Waals surface area contributed by atoms with Gasteiger partial charge in [0.15, 0.2) is 0 Å². The van der Waals surface area contributed by atoms with Crippen LogP contribution in [0.25, 0.3) is 5.76 Å². The number of ketones is 1. The smallest absolute Gasteiger partial charge is 0.295 e. The van der Waals surface area contributed by atoms with Crippen molar-refractivity contribution in [1.29, 1.82) is 0 Å². The first kappa shape index (κ1) is 23.9. The Morgan fingerprint density at radius 3 is 2.46 bits per heavy atom. The number of carbonyl (C=O) groups is 2. The zero-order chi connectivity index (χ0) is 24.9. The lowest BCUT2D eigenvalue weighted by Gasteiger charge is -2.27. The molecule has 1 amide bonds. The van der Waals surface area contributed by atoms with E-state index in [-0.39, 0.29) is 17.9 Å². The Hall–Kier alpha value is -4.27. The van der Waals surface area contributed by atoms with Crippen LogP contribution in [0.3, 0.4) is 0 Å². The molecular weight excluding hydrogens is 450 g/mol. The summed E-state index contributed by atoms with van der Waals surface area (Å²) in [5.74, 6) is -0.217. The fraction of sp³-hybridized carbons (Fsp3) is 0.269. The van der Waals surface area contributed by atoms with Crippen molar-refractivity contribution in [1.82, 2.24) is 14.5 Å². The summed E-state index contributed by atoms with van der Waals surface area (Å²) >= 11 is 0. The summed E-state index contributed by atoms with van der Waals surface area (Å²) in [6.07, 6.45) is 5.78. The second-order valence-corrected chi connectivity index (χ2v) is 7.99. The zero-order valence-electron chi connectivity index (χ0n) is 19.8. The Labute approximate surface area is 203 Å². The lowest BCUT2D eigenvalue weighted by atomic mass is 9.94. The SMILES string of the molecule is COc1cccc(C(O)=C2C(=O)C(=O)N(CCCn3ccnc3)[C@H]2c2cc(OC)ccc2OC)c1. The van der Waals surface area contributed by atoms with Crippen molar-refractivity contribution < 1.29 is 28.9 Å². The molecule has 1 saturated heterocycles. The Bertz CT molecular complexity index is 1250. The molecule has 35 heavy (non-hydrogen) atoms. The number of methoxy groups -OCH3 is 3. The van der Waals surface area contributed by atoms with Gasteiger partial charge in [0.1, 0.15) is 23.0 Å². The number of ether oxygens (including phenoxy) is 3. The molecule has 1 fully saturated rings. The summed E-state index contributed by atoms with van der Waals surface area (Å²) in [6.45, 7) is 0.892. The van der Waals surface area contributed by atoms with E-state index in [2.05, 4.69) is 4.98 Å². The van der Waals surface area contributed by atoms with Crippen molar-refractivity contribution in [2.75, 3.05) is 27.9 Å². The number of imidazole rings is 1. The monoisotopic (exact) mass is 477 g/mol. The number of rotatable bonds is 9. The summed E-state index contributed by atoms with van der Waals surface area (Å²) in [5, 5.41) is 11.3. The summed E-state index contributed by atoms with van der Waals surface area (Å²) in [6, 6.07) is 11.0. The highest BCUT2D eigenvalue weighted by Gasteiger charge is 2.47. The van der Waals surface area contributed by atoms with Crippen LogP contribution in [-0.4, -0.2) is 59.1 Å². The molecule has 3 aromatic rings. The second kappa shape index (κ2) is 10.3. The van der Waals surface area contributed by atoms with Gasteiger partial charge in [0.25, 0.3) is 11.7 Å². The summed E-state index contributed by atoms with van der Waals surface area (Å²) < 4.78 is 18.1. The Morgan fingerprint density at radius 2 is 1.77 bits per heavy atom. The van der Waals surface area contributed by atoms with E-state index in [1.807, 2.05) is 10.8 Å². The minimum absolute atomic E-state index is 0.0163. The third-order valence-corrected chi connectivity index (χ3v) is 5.99. The molecule has 4 rings (SSSR count). The molecule has 0 bridgehead atoms. The highest BCUT2D eigenvalue weighted by molar-refractivity contribution is 6.46. The Kier molecular flexibility index (Phi) is 7.05. The van der Waals surface area contributed by atoms with Crippen LogP contribution in [0.2, 0.25) is 0 Å². The Balaban J connectivity index is 1.82. The number of aliphatic hydroxyl groups is 1. The predicted octanol–water partition coefficient (Wildman–Crippen LogP) is 3.42. The number of hydrogen-bond donors (Lipinski definition) is 1. The van der Waals surface area contributed by atoms with Gasteiger partial charge in [-0.3, -0.25) is 9.59 Å². The van der Waals surface area contributed by atoms with Crippen molar-refractivity contribution in [3.8, 4) is 17.2 Å². The highest BCUT2D eigenvalue weighted by atomic mass is 16.5. The number of aromatic nitrogens is 2. The average molecular weight is 478 g/mol. The number of aryl methyl sites for hydroxylation is 1. The molecule has 1 atom stereocenters. The summed E-state index contributed by atoms with van der Waals surface area (Å²) in [4.78, 5) is 32.0. The first-order chi connectivity index (χ1) is 17.0. The van der Waals surface area contributed by atoms with Crippen molar-refractivity contribution in [2.45, 2.75) is 19.0 Å². The number of Topliss-reactive ketones (excluding diaryl/α,β-unsaturated/α-hetero) is 1. The molecule has 2 aromatic carbocycles. The minimum atomic E-state index is -0.867. The second-order valence-electron chi connectivity index (χ2n) is 7.99. The molecule has 9 heteroatoms. The predicted molar refractivity (Wildman–Crippen MR) is 128 cm³/mol. The molecule has 0 radical (unpaired) electrons. The topological polar surface area (TPSA) is 103 Å². The number of aliphatic hydroxyl groups excluding tert-OH is 1. The average Bonchev–Trinajstić information content (AvgIpc) is 3.50. The summed E-state index contributed by atoms with van der Waals surface area (Å²) in [5.41, 5.74) is 0.892. The molecule has 0 unspecified atom stereocenters. The van der Waals surface area contributed by atoms with Gasteiger partial charge in [0.2, 0.25) is 0 Å². The lowest BCUT2D eigenvalue weighted by Crippen LogP contribution is -2.31. The molecule has 9 nitrogen and oxygen atoms in total. The van der Waals surface area contributed by atoms with Crippen molar-refractivity contribution in [3.05, 3.63) is 77.9 Å². The fourth-order valence-corrected chi connectivity index (χ4v) is 4.26. The number of amides is 1. The van der Waals surface area contributed by atoms with Gasteiger partial charge < -0.3 is 28.8 Å². The number of benzene rings is 2. The molecule has 1 aromatic heterocycles. The molecule has 182 valence electrons. The van der Waals surface area contributed by atoms with E-state index >= 15 is 0 Å². The molecule has 0 aliphatic carbocycles. The van der Waals surface area contributed by atoms with E-state index in [1.165, 1.54) is 26.2 Å². The van der Waals surface area contributed by atoms with Gasteiger partial charge in [-0.2, -0.15) is 0 Å². The first-order valence-corrected chi connectivity index (χ1v) is 11.1. The van der Waals surface area contributed by atoms with Crippen molar-refractivity contribution in [2.24, 2.45) is 0 Å². The largest absolute Gasteiger partial charge is 0.507 e. The maximum Gasteiger partial charge on any atom is 0.295 e. The highest BCUT2D eigenvalue weighted by Crippen LogP contribution is 2.44. The number of carbonyl (C=O) groups excluding carboxylic acids is 2. The third kappa shape index (κ3) is 4.70. The number of nitrogens with zero attached hydrogens (tertiary/aromatic N) is 3. The van der Waals surface area contributed by atoms with Crippen molar-refractivity contribution in [3.63, 3.8) is 0 Å². The van der Waals surface area contributed by atoms with Gasteiger partial charge >= 0.3 is 0 Å². The molecule has 1 aliphatic heterocycles. The van der Waals surface area contributed by atoms with Gasteiger partial charge in [-0.15, -0.1) is 0 Å². The molecule has 1 N–H and O–H groups in total. The molecule has 1 aliphatic rings. The van der Waals surface area contributed by atoms with Crippen LogP contribution in [0.15, 0.2) is 66.8 Å². The lowest BCUT2D eigenvalue weighted by molar-refractivity contribution is -0.140. The number of hydrogen-bond acceptors (Lipinski definition) is 7. The molecule has 0 saturated carbocycles. The van der Waals surface area contributed by atoms with Crippen LogP contribution in [0.4, 0.5) is 0 Å². The number of likely N-dealkylation sites (tertiary alicyclic amines) is 1. The Morgan fingerprint density at radius 1 is 1.00 bits per heavy atom. The van der Waals surface area contributed by atoms with E-state index in [1.54, 1.807) is 55.0 Å². The molecule has 0 spiro atoms. The molecular formula is C26H27N3O6. The molecule has 2 heterocycles. The van der Waals surface area contributed by atoms with Crippen molar-refractivity contribution >= 4 is 17.4 Å². The van der Waals surface area contributed by atoms with Crippen LogP contribution < -0.4 is 14.2 Å². The van der Waals surface area contributed by atoms with Crippen LogP contribution >= 0.6 is 0 Å². The van der Waals surface area contributed by atoms with E-state index in [4.69, 9.17) is 14.2 Å². The van der Waals surface area contributed by atoms with Gasteiger partial charge in [-0.05, 0) is 36.8 Å². The van der Waals surface area contributed by atoms with Gasteiger partial charge in [0.05, 0.1) is 39.3 Å².